The Kier molecular flexibility index (Phi) is 5.79. The van der Waals surface area contributed by atoms with E-state index >= 15 is 0 Å². The van der Waals surface area contributed by atoms with Gasteiger partial charge in [0, 0.05) is 13.2 Å². The van der Waals surface area contributed by atoms with Crippen LogP contribution in [0.1, 0.15) is 44.2 Å². The molecule has 1 aliphatic carbocycles. The second-order valence-corrected chi connectivity index (χ2v) is 7.36. The Bertz CT molecular complexity index is 734. The molecule has 0 bridgehead atoms. The topological polar surface area (TPSA) is 87.7 Å². The molecule has 7 heteroatoms. The van der Waals surface area contributed by atoms with Gasteiger partial charge in [-0.3, -0.25) is 14.5 Å². The lowest BCUT2D eigenvalue weighted by atomic mass is 9.76. The van der Waals surface area contributed by atoms with Gasteiger partial charge in [0.2, 0.25) is 5.91 Å². The lowest BCUT2D eigenvalue weighted by molar-refractivity contribution is -0.135. The van der Waals surface area contributed by atoms with Crippen LogP contribution < -0.4 is 10.6 Å². The number of nitrogens with one attached hydrogen (secondary N) is 2. The highest BCUT2D eigenvalue weighted by molar-refractivity contribution is 6.09. The van der Waals surface area contributed by atoms with Gasteiger partial charge in [0.1, 0.15) is 12.1 Å². The molecule has 0 aromatic heterocycles. The van der Waals surface area contributed by atoms with Crippen molar-refractivity contribution < 1.29 is 19.1 Å². The second kappa shape index (κ2) is 8.08. The molecule has 1 atom stereocenters. The molecular formula is C20H27N3O4. The van der Waals surface area contributed by atoms with Crippen molar-refractivity contribution >= 4 is 17.8 Å². The molecule has 0 radical (unpaired) electrons. The number of imide groups is 1. The first-order valence-electron chi connectivity index (χ1n) is 9.55. The number of benzene rings is 1. The van der Waals surface area contributed by atoms with Crippen molar-refractivity contribution in [2.24, 2.45) is 0 Å². The molecule has 0 saturated carbocycles. The maximum atomic E-state index is 13.1. The molecule has 1 aliphatic heterocycles. The molecule has 3 rings (SSSR count). The quantitative estimate of drug-likeness (QED) is 0.563. The average molecular weight is 373 g/mol. The SMILES string of the molecule is CC(C)OCCCNC(=O)CN1C(=O)N[C@]2(CCCc3ccccc32)C1=O. The van der Waals surface area contributed by atoms with Crippen molar-refractivity contribution in [1.29, 1.82) is 0 Å². The van der Waals surface area contributed by atoms with E-state index in [0.29, 0.717) is 26.0 Å². The fourth-order valence-electron chi connectivity index (χ4n) is 3.77. The van der Waals surface area contributed by atoms with E-state index < -0.39 is 11.6 Å². The Morgan fingerprint density at radius 3 is 2.89 bits per heavy atom. The monoisotopic (exact) mass is 373 g/mol. The third-order valence-electron chi connectivity index (χ3n) is 5.05. The predicted molar refractivity (Wildman–Crippen MR) is 100 cm³/mol. The molecule has 7 nitrogen and oxygen atoms in total. The van der Waals surface area contributed by atoms with Gasteiger partial charge < -0.3 is 15.4 Å². The van der Waals surface area contributed by atoms with Crippen molar-refractivity contribution in [2.45, 2.75) is 51.2 Å². The molecule has 1 fully saturated rings. The molecule has 1 saturated heterocycles. The van der Waals surface area contributed by atoms with Gasteiger partial charge in [0.25, 0.3) is 5.91 Å². The predicted octanol–water partition coefficient (Wildman–Crippen LogP) is 1.70. The van der Waals surface area contributed by atoms with Crippen molar-refractivity contribution in [3.63, 3.8) is 0 Å². The van der Waals surface area contributed by atoms with Crippen LogP contribution in [0, 0.1) is 0 Å². The fraction of sp³-hybridized carbons (Fsp3) is 0.550. The summed E-state index contributed by atoms with van der Waals surface area (Å²) in [5.74, 6) is -0.679. The van der Waals surface area contributed by atoms with Crippen LogP contribution >= 0.6 is 0 Å². The summed E-state index contributed by atoms with van der Waals surface area (Å²) in [6.07, 6.45) is 3.10. The summed E-state index contributed by atoms with van der Waals surface area (Å²) in [5.41, 5.74) is 0.898. The lowest BCUT2D eigenvalue weighted by Gasteiger charge is -2.33. The van der Waals surface area contributed by atoms with Crippen molar-refractivity contribution in [3.8, 4) is 0 Å². The Morgan fingerprint density at radius 2 is 2.11 bits per heavy atom. The van der Waals surface area contributed by atoms with Crippen LogP contribution in [-0.2, 0) is 26.3 Å². The number of carbonyl (C=O) groups is 3. The average Bonchev–Trinajstić information content (AvgIpc) is 2.86. The number of fused-ring (bicyclic) bond motifs is 2. The van der Waals surface area contributed by atoms with Gasteiger partial charge in [-0.1, -0.05) is 24.3 Å². The van der Waals surface area contributed by atoms with E-state index in [4.69, 9.17) is 4.74 Å². The Balaban J connectivity index is 1.61. The minimum atomic E-state index is -1.03. The first-order chi connectivity index (χ1) is 12.9. The van der Waals surface area contributed by atoms with Crippen LogP contribution in [0.2, 0.25) is 0 Å². The number of hydrogen-bond acceptors (Lipinski definition) is 4. The Labute approximate surface area is 159 Å². The molecule has 1 aromatic carbocycles. The van der Waals surface area contributed by atoms with Crippen LogP contribution in [0.25, 0.3) is 0 Å². The van der Waals surface area contributed by atoms with E-state index in [1.54, 1.807) is 0 Å². The number of aryl methyl sites for hydroxylation is 1. The standard InChI is InChI=1S/C20H27N3O4/c1-14(2)27-12-6-11-21-17(24)13-23-18(25)20(22-19(23)26)10-5-8-15-7-3-4-9-16(15)20/h3-4,7,9,14H,5-6,8,10-13H2,1-2H3,(H,21,24)(H,22,26)/t20-/m0/s1. The first-order valence-corrected chi connectivity index (χ1v) is 9.55. The number of rotatable bonds is 7. The van der Waals surface area contributed by atoms with Gasteiger partial charge in [0.05, 0.1) is 6.10 Å². The zero-order chi connectivity index (χ0) is 19.4. The smallest absolute Gasteiger partial charge is 0.325 e. The highest BCUT2D eigenvalue weighted by Gasteiger charge is 2.54. The molecule has 2 N–H and O–H groups in total. The van der Waals surface area contributed by atoms with Gasteiger partial charge in [-0.25, -0.2) is 4.79 Å². The van der Waals surface area contributed by atoms with Gasteiger partial charge in [0.15, 0.2) is 0 Å². The zero-order valence-corrected chi connectivity index (χ0v) is 15.9. The van der Waals surface area contributed by atoms with E-state index in [0.717, 1.165) is 28.9 Å². The molecule has 27 heavy (non-hydrogen) atoms. The summed E-state index contributed by atoms with van der Waals surface area (Å²) < 4.78 is 5.42. The molecule has 1 aromatic rings. The second-order valence-electron chi connectivity index (χ2n) is 7.36. The number of urea groups is 1. The molecule has 4 amide bonds. The normalized spacial score (nSPS) is 21.5. The maximum absolute atomic E-state index is 13.1. The molecular weight excluding hydrogens is 346 g/mol. The summed E-state index contributed by atoms with van der Waals surface area (Å²) in [6.45, 7) is 4.65. The molecule has 1 spiro atoms. The molecule has 146 valence electrons. The highest BCUT2D eigenvalue weighted by Crippen LogP contribution is 2.39. The van der Waals surface area contributed by atoms with Crippen LogP contribution in [0.4, 0.5) is 4.79 Å². The number of ether oxygens (including phenoxy) is 1. The van der Waals surface area contributed by atoms with E-state index in [1.807, 2.05) is 38.1 Å². The summed E-state index contributed by atoms with van der Waals surface area (Å²) in [5, 5.41) is 5.60. The van der Waals surface area contributed by atoms with Crippen molar-refractivity contribution in [1.82, 2.24) is 15.5 Å². The number of amides is 4. The largest absolute Gasteiger partial charge is 0.379 e. The first kappa shape index (κ1) is 19.4. The summed E-state index contributed by atoms with van der Waals surface area (Å²) in [4.78, 5) is 38.7. The summed E-state index contributed by atoms with van der Waals surface area (Å²) >= 11 is 0. The van der Waals surface area contributed by atoms with E-state index in [9.17, 15) is 14.4 Å². The van der Waals surface area contributed by atoms with Gasteiger partial charge >= 0.3 is 6.03 Å². The number of hydrogen-bond donors (Lipinski definition) is 2. The number of carbonyl (C=O) groups excluding carboxylic acids is 3. The minimum absolute atomic E-state index is 0.154. The van der Waals surface area contributed by atoms with Gasteiger partial charge in [-0.2, -0.15) is 0 Å². The number of nitrogens with zero attached hydrogens (tertiary/aromatic N) is 1. The lowest BCUT2D eigenvalue weighted by Crippen LogP contribution is -2.47. The van der Waals surface area contributed by atoms with Crippen LogP contribution in [0.15, 0.2) is 24.3 Å². The Morgan fingerprint density at radius 1 is 1.33 bits per heavy atom. The molecule has 2 aliphatic rings. The fourth-order valence-corrected chi connectivity index (χ4v) is 3.77. The maximum Gasteiger partial charge on any atom is 0.325 e. The van der Waals surface area contributed by atoms with E-state index in [1.165, 1.54) is 0 Å². The third kappa shape index (κ3) is 3.98. The molecule has 1 heterocycles. The summed E-state index contributed by atoms with van der Waals surface area (Å²) in [6, 6.07) is 7.19. The van der Waals surface area contributed by atoms with Crippen LogP contribution in [0.3, 0.4) is 0 Å². The van der Waals surface area contributed by atoms with Gasteiger partial charge in [-0.15, -0.1) is 0 Å². The van der Waals surface area contributed by atoms with Crippen LogP contribution in [-0.4, -0.2) is 48.5 Å². The zero-order valence-electron chi connectivity index (χ0n) is 15.9. The Hall–Kier alpha value is -2.41. The van der Waals surface area contributed by atoms with Crippen LogP contribution in [0.5, 0.6) is 0 Å². The van der Waals surface area contributed by atoms with Gasteiger partial charge in [-0.05, 0) is 50.7 Å². The summed E-state index contributed by atoms with van der Waals surface area (Å²) in [7, 11) is 0. The van der Waals surface area contributed by atoms with E-state index in [-0.39, 0.29) is 24.5 Å². The van der Waals surface area contributed by atoms with Crippen molar-refractivity contribution in [2.75, 3.05) is 19.7 Å². The van der Waals surface area contributed by atoms with Crippen molar-refractivity contribution in [3.05, 3.63) is 35.4 Å². The highest BCUT2D eigenvalue weighted by atomic mass is 16.5. The third-order valence-corrected chi connectivity index (χ3v) is 5.05. The molecule has 0 unspecified atom stereocenters. The minimum Gasteiger partial charge on any atom is -0.379 e. The van der Waals surface area contributed by atoms with E-state index in [2.05, 4.69) is 10.6 Å².